The molecule has 5 nitrogen and oxygen atoms in total. The number of hydrogen-bond acceptors (Lipinski definition) is 4. The van der Waals surface area contributed by atoms with E-state index in [1.165, 1.54) is 0 Å². The van der Waals surface area contributed by atoms with Crippen LogP contribution in [0.3, 0.4) is 0 Å². The van der Waals surface area contributed by atoms with E-state index in [9.17, 15) is 9.59 Å². The van der Waals surface area contributed by atoms with Crippen molar-refractivity contribution in [2.45, 2.75) is 84.8 Å². The molecule has 2 unspecified atom stereocenters. The second-order valence-electron chi connectivity index (χ2n) is 9.21. The zero-order valence-electron chi connectivity index (χ0n) is 21.3. The number of aliphatic imine (C=N–C) groups is 1. The molecule has 1 aromatic rings. The molecule has 0 bridgehead atoms. The van der Waals surface area contributed by atoms with Crippen molar-refractivity contribution >= 4 is 29.2 Å². The summed E-state index contributed by atoms with van der Waals surface area (Å²) in [6.07, 6.45) is 10.5. The Hall–Kier alpha value is -2.40. The molecular formula is C28H39ClN2O3. The summed E-state index contributed by atoms with van der Waals surface area (Å²) in [5, 5.41) is 0.606. The number of carbonyl (C=O) groups excluding carboxylic acids is 2. The fourth-order valence-corrected chi connectivity index (χ4v) is 4.44. The van der Waals surface area contributed by atoms with Crippen molar-refractivity contribution in [3.05, 3.63) is 59.2 Å². The molecule has 0 saturated carbocycles. The molecule has 2 rings (SSSR count). The van der Waals surface area contributed by atoms with Crippen LogP contribution in [-0.4, -0.2) is 40.8 Å². The molecule has 1 aromatic carbocycles. The minimum absolute atomic E-state index is 0.0947. The largest absolute Gasteiger partial charge is 0.465 e. The number of nitrogens with zero attached hydrogens (tertiary/aromatic N) is 2. The summed E-state index contributed by atoms with van der Waals surface area (Å²) in [5.41, 5.74) is 1.58. The van der Waals surface area contributed by atoms with Crippen LogP contribution in [0.25, 0.3) is 0 Å². The van der Waals surface area contributed by atoms with Gasteiger partial charge in [0.25, 0.3) is 5.91 Å². The lowest BCUT2D eigenvalue weighted by Gasteiger charge is -2.35. The van der Waals surface area contributed by atoms with E-state index in [2.05, 4.69) is 20.4 Å². The molecule has 2 atom stereocenters. The topological polar surface area (TPSA) is 59.0 Å². The van der Waals surface area contributed by atoms with E-state index < -0.39 is 11.6 Å². The number of carbonyl (C=O) groups is 2. The first-order valence-electron chi connectivity index (χ1n) is 12.4. The maximum Gasteiger partial charge on any atom is 0.313 e. The number of benzene rings is 1. The van der Waals surface area contributed by atoms with Crippen LogP contribution in [-0.2, 0) is 20.7 Å². The number of unbranched alkanes of at least 4 members (excludes halogenated alkanes) is 1. The summed E-state index contributed by atoms with van der Waals surface area (Å²) in [4.78, 5) is 32.6. The zero-order valence-corrected chi connectivity index (χ0v) is 22.0. The molecule has 1 amide bonds. The van der Waals surface area contributed by atoms with Crippen molar-refractivity contribution in [3.63, 3.8) is 0 Å². The molecule has 1 aliphatic heterocycles. The Balaban J connectivity index is 2.28. The maximum atomic E-state index is 13.6. The van der Waals surface area contributed by atoms with Gasteiger partial charge in [0.2, 0.25) is 0 Å². The maximum absolute atomic E-state index is 13.6. The van der Waals surface area contributed by atoms with E-state index in [0.717, 1.165) is 43.2 Å². The van der Waals surface area contributed by atoms with E-state index >= 15 is 0 Å². The Morgan fingerprint density at radius 2 is 1.97 bits per heavy atom. The van der Waals surface area contributed by atoms with Gasteiger partial charge in [0, 0.05) is 10.6 Å². The number of amides is 1. The van der Waals surface area contributed by atoms with Crippen LogP contribution in [0.2, 0.25) is 5.02 Å². The molecule has 34 heavy (non-hydrogen) atoms. The van der Waals surface area contributed by atoms with Crippen LogP contribution in [0.4, 0.5) is 0 Å². The molecular weight excluding hydrogens is 448 g/mol. The Bertz CT molecular complexity index is 936. The molecule has 1 aliphatic rings. The van der Waals surface area contributed by atoms with Crippen LogP contribution in [0.1, 0.15) is 77.8 Å². The first-order valence-corrected chi connectivity index (χ1v) is 12.7. The van der Waals surface area contributed by atoms with Crippen LogP contribution in [0.15, 0.2) is 48.0 Å². The van der Waals surface area contributed by atoms with E-state index in [4.69, 9.17) is 21.3 Å². The minimum Gasteiger partial charge on any atom is -0.465 e. The number of esters is 1. The molecule has 0 spiro atoms. The van der Waals surface area contributed by atoms with Gasteiger partial charge in [-0.2, -0.15) is 0 Å². The second-order valence-corrected chi connectivity index (χ2v) is 9.65. The first kappa shape index (κ1) is 27.8. The average Bonchev–Trinajstić information content (AvgIpc) is 3.05. The van der Waals surface area contributed by atoms with E-state index in [-0.39, 0.29) is 17.9 Å². The third kappa shape index (κ3) is 7.05. The Morgan fingerprint density at radius 3 is 2.59 bits per heavy atom. The lowest BCUT2D eigenvalue weighted by molar-refractivity contribution is -0.146. The number of ether oxygens (including phenoxy) is 1. The standard InChI is InChI=1S/C28H39ClN2O3/c1-7-11-14-24(15-12-13-21(10-4)27(33)34-16-8-2)31-26(32)25(30-28(31,5)6)22-17-20(9-3)18-23(29)19-22/h10,12,15,17-19,21,24H,4,7-9,11,13-14,16H2,1-3,5-6H3/b15-12+. The van der Waals surface area contributed by atoms with Gasteiger partial charge in [-0.3, -0.25) is 14.6 Å². The molecule has 186 valence electrons. The summed E-state index contributed by atoms with van der Waals surface area (Å²) in [6.45, 7) is 14.3. The van der Waals surface area contributed by atoms with Gasteiger partial charge in [0.05, 0.1) is 18.6 Å². The fraction of sp³-hybridized carbons (Fsp3) is 0.536. The highest BCUT2D eigenvalue weighted by Crippen LogP contribution is 2.32. The normalized spacial score (nSPS) is 17.1. The molecule has 0 aliphatic carbocycles. The van der Waals surface area contributed by atoms with E-state index in [1.807, 2.05) is 56.0 Å². The Morgan fingerprint density at radius 1 is 1.24 bits per heavy atom. The van der Waals surface area contributed by atoms with Crippen molar-refractivity contribution < 1.29 is 14.3 Å². The lowest BCUT2D eigenvalue weighted by atomic mass is 10.0. The van der Waals surface area contributed by atoms with Gasteiger partial charge in [-0.1, -0.05) is 63.4 Å². The van der Waals surface area contributed by atoms with Crippen LogP contribution < -0.4 is 0 Å². The van der Waals surface area contributed by atoms with Crippen molar-refractivity contribution in [3.8, 4) is 0 Å². The third-order valence-corrected chi connectivity index (χ3v) is 6.22. The summed E-state index contributed by atoms with van der Waals surface area (Å²) in [7, 11) is 0. The predicted octanol–water partition coefficient (Wildman–Crippen LogP) is 6.53. The highest BCUT2D eigenvalue weighted by atomic mass is 35.5. The molecule has 0 N–H and O–H groups in total. The van der Waals surface area contributed by atoms with Crippen molar-refractivity contribution in [2.24, 2.45) is 10.9 Å². The smallest absolute Gasteiger partial charge is 0.313 e. The van der Waals surface area contributed by atoms with Gasteiger partial charge < -0.3 is 9.64 Å². The highest BCUT2D eigenvalue weighted by Gasteiger charge is 2.43. The van der Waals surface area contributed by atoms with Crippen molar-refractivity contribution in [2.75, 3.05) is 6.61 Å². The number of halogens is 1. The molecule has 0 aromatic heterocycles. The summed E-state index contributed by atoms with van der Waals surface area (Å²) < 4.78 is 5.27. The zero-order chi connectivity index (χ0) is 25.3. The van der Waals surface area contributed by atoms with Gasteiger partial charge in [0.1, 0.15) is 11.4 Å². The molecule has 1 heterocycles. The molecule has 0 radical (unpaired) electrons. The third-order valence-electron chi connectivity index (χ3n) is 6.00. The van der Waals surface area contributed by atoms with Crippen LogP contribution >= 0.6 is 11.6 Å². The Labute approximate surface area is 209 Å². The first-order chi connectivity index (χ1) is 16.2. The molecule has 0 fully saturated rings. The summed E-state index contributed by atoms with van der Waals surface area (Å²) in [5.74, 6) is -0.757. The summed E-state index contributed by atoms with van der Waals surface area (Å²) >= 11 is 6.33. The van der Waals surface area contributed by atoms with Crippen molar-refractivity contribution in [1.82, 2.24) is 4.90 Å². The summed E-state index contributed by atoms with van der Waals surface area (Å²) in [6, 6.07) is 5.59. The fourth-order valence-electron chi connectivity index (χ4n) is 4.18. The number of allylic oxidation sites excluding steroid dienone is 1. The predicted molar refractivity (Wildman–Crippen MR) is 140 cm³/mol. The van der Waals surface area contributed by atoms with Gasteiger partial charge in [-0.05, 0) is 63.3 Å². The van der Waals surface area contributed by atoms with E-state index in [1.54, 1.807) is 6.08 Å². The second kappa shape index (κ2) is 12.9. The number of rotatable bonds is 13. The van der Waals surface area contributed by atoms with E-state index in [0.29, 0.717) is 23.8 Å². The average molecular weight is 487 g/mol. The van der Waals surface area contributed by atoms with Crippen molar-refractivity contribution in [1.29, 1.82) is 0 Å². The van der Waals surface area contributed by atoms with Gasteiger partial charge in [0.15, 0.2) is 0 Å². The lowest BCUT2D eigenvalue weighted by Crippen LogP contribution is -2.48. The van der Waals surface area contributed by atoms with Gasteiger partial charge >= 0.3 is 5.97 Å². The minimum atomic E-state index is -0.693. The molecule has 6 heteroatoms. The van der Waals surface area contributed by atoms with Gasteiger partial charge in [-0.15, -0.1) is 6.58 Å². The quantitative estimate of drug-likeness (QED) is 0.235. The van der Waals surface area contributed by atoms with Crippen LogP contribution in [0, 0.1) is 5.92 Å². The molecule has 0 saturated heterocycles. The number of hydrogen-bond donors (Lipinski definition) is 0. The highest BCUT2D eigenvalue weighted by molar-refractivity contribution is 6.47. The van der Waals surface area contributed by atoms with Crippen LogP contribution in [0.5, 0.6) is 0 Å². The monoisotopic (exact) mass is 486 g/mol. The Kier molecular flexibility index (Phi) is 10.6. The SMILES string of the molecule is C=CC(C/C=C/C(CCCC)N1C(=O)C(c2cc(Cl)cc(CC)c2)=NC1(C)C)C(=O)OCCC. The van der Waals surface area contributed by atoms with Gasteiger partial charge in [-0.25, -0.2) is 0 Å². The number of aryl methyl sites for hydroxylation is 1.